The van der Waals surface area contributed by atoms with Crippen LogP contribution >= 0.6 is 0 Å². The van der Waals surface area contributed by atoms with Crippen LogP contribution in [0.1, 0.15) is 19.8 Å². The van der Waals surface area contributed by atoms with Crippen molar-refractivity contribution in [3.63, 3.8) is 0 Å². The molecule has 1 atom stereocenters. The van der Waals surface area contributed by atoms with E-state index in [0.717, 1.165) is 6.42 Å². The Morgan fingerprint density at radius 3 is 1.75 bits per heavy atom. The summed E-state index contributed by atoms with van der Waals surface area (Å²) >= 11 is 0. The summed E-state index contributed by atoms with van der Waals surface area (Å²) in [4.78, 5) is 0. The summed E-state index contributed by atoms with van der Waals surface area (Å²) in [7, 11) is -4.67. The van der Waals surface area contributed by atoms with Gasteiger partial charge in [-0.1, -0.05) is 6.92 Å². The van der Waals surface area contributed by atoms with Crippen molar-refractivity contribution in [2.45, 2.75) is 25.9 Å². The molecule has 0 bridgehead atoms. The summed E-state index contributed by atoms with van der Waals surface area (Å²) in [5.41, 5.74) is 0. The standard InChI is InChI=1S/C5H12O2.H2O4S/c1-2-5(7)3-4-6;1-5(2,3)4/h5-7H,2-4H2,1H3;(H2,1,2,3,4). The van der Waals surface area contributed by atoms with Crippen LogP contribution in [0, 0.1) is 0 Å². The molecule has 76 valence electrons. The zero-order chi connectivity index (χ0) is 10.2. The molecule has 0 amide bonds. The van der Waals surface area contributed by atoms with E-state index >= 15 is 0 Å². The van der Waals surface area contributed by atoms with Crippen molar-refractivity contribution in [3.8, 4) is 0 Å². The van der Waals surface area contributed by atoms with Gasteiger partial charge >= 0.3 is 10.4 Å². The molecule has 0 aromatic rings. The summed E-state index contributed by atoms with van der Waals surface area (Å²) in [6, 6.07) is 0. The summed E-state index contributed by atoms with van der Waals surface area (Å²) in [6.45, 7) is 1.98. The molecule has 4 N–H and O–H groups in total. The molecule has 12 heavy (non-hydrogen) atoms. The normalized spacial score (nSPS) is 13.1. The van der Waals surface area contributed by atoms with Crippen molar-refractivity contribution in [1.29, 1.82) is 0 Å². The highest BCUT2D eigenvalue weighted by molar-refractivity contribution is 7.79. The second kappa shape index (κ2) is 7.44. The highest BCUT2D eigenvalue weighted by Crippen LogP contribution is 1.92. The lowest BCUT2D eigenvalue weighted by molar-refractivity contribution is 0.129. The van der Waals surface area contributed by atoms with Gasteiger partial charge in [0.25, 0.3) is 0 Å². The maximum atomic E-state index is 8.74. The van der Waals surface area contributed by atoms with Crippen LogP contribution in [0.5, 0.6) is 0 Å². The zero-order valence-corrected chi connectivity index (χ0v) is 7.53. The summed E-state index contributed by atoms with van der Waals surface area (Å²) in [5, 5.41) is 16.9. The Labute approximate surface area is 71.4 Å². The molecular formula is C5H14O6S. The van der Waals surface area contributed by atoms with Crippen LogP contribution in [0.2, 0.25) is 0 Å². The number of hydrogen-bond acceptors (Lipinski definition) is 4. The number of aliphatic hydroxyl groups is 2. The minimum absolute atomic E-state index is 0.0923. The lowest BCUT2D eigenvalue weighted by Gasteiger charge is -2.01. The molecule has 0 rings (SSSR count). The van der Waals surface area contributed by atoms with E-state index in [1.807, 2.05) is 6.92 Å². The predicted octanol–water partition coefficient (Wildman–Crippen LogP) is -0.513. The molecule has 0 aliphatic heterocycles. The third-order valence-corrected chi connectivity index (χ3v) is 0.934. The van der Waals surface area contributed by atoms with Crippen LogP contribution in [0.15, 0.2) is 0 Å². The smallest absolute Gasteiger partial charge is 0.394 e. The topological polar surface area (TPSA) is 115 Å². The Kier molecular flexibility index (Phi) is 8.88. The van der Waals surface area contributed by atoms with Crippen LogP contribution in [-0.4, -0.2) is 40.4 Å². The first-order valence-corrected chi connectivity index (χ1v) is 4.69. The van der Waals surface area contributed by atoms with Crippen LogP contribution in [0.4, 0.5) is 0 Å². The monoisotopic (exact) mass is 202 g/mol. The Morgan fingerprint density at radius 1 is 1.33 bits per heavy atom. The predicted molar refractivity (Wildman–Crippen MR) is 42.2 cm³/mol. The molecular weight excluding hydrogens is 188 g/mol. The zero-order valence-electron chi connectivity index (χ0n) is 6.71. The Balaban J connectivity index is 0. The van der Waals surface area contributed by atoms with E-state index in [-0.39, 0.29) is 12.7 Å². The van der Waals surface area contributed by atoms with Crippen molar-refractivity contribution in [1.82, 2.24) is 0 Å². The van der Waals surface area contributed by atoms with Crippen molar-refractivity contribution < 1.29 is 27.7 Å². The fourth-order valence-corrected chi connectivity index (χ4v) is 0.353. The quantitative estimate of drug-likeness (QED) is 0.458. The third kappa shape index (κ3) is 33.0. The average molecular weight is 202 g/mol. The molecule has 7 heteroatoms. The molecule has 0 aliphatic carbocycles. The van der Waals surface area contributed by atoms with E-state index in [4.69, 9.17) is 27.7 Å². The molecule has 0 radical (unpaired) electrons. The maximum absolute atomic E-state index is 8.74. The van der Waals surface area contributed by atoms with Gasteiger partial charge in [-0.25, -0.2) is 0 Å². The molecule has 0 aliphatic rings. The van der Waals surface area contributed by atoms with Crippen LogP contribution in [0.3, 0.4) is 0 Å². The van der Waals surface area contributed by atoms with Crippen molar-refractivity contribution in [2.24, 2.45) is 0 Å². The average Bonchev–Trinajstić information content (AvgIpc) is 1.85. The van der Waals surface area contributed by atoms with Crippen LogP contribution in [-0.2, 0) is 10.4 Å². The van der Waals surface area contributed by atoms with Gasteiger partial charge in [0.2, 0.25) is 0 Å². The molecule has 0 aromatic carbocycles. The summed E-state index contributed by atoms with van der Waals surface area (Å²) in [6.07, 6.45) is 0.946. The SMILES string of the molecule is CCC(O)CCO.O=S(=O)(O)O. The van der Waals surface area contributed by atoms with Crippen molar-refractivity contribution in [2.75, 3.05) is 6.61 Å². The molecule has 0 heterocycles. The number of aliphatic hydroxyl groups excluding tert-OH is 2. The fourth-order valence-electron chi connectivity index (χ4n) is 0.353. The van der Waals surface area contributed by atoms with Gasteiger partial charge in [0.1, 0.15) is 0 Å². The molecule has 6 nitrogen and oxygen atoms in total. The summed E-state index contributed by atoms with van der Waals surface area (Å²) in [5.74, 6) is 0. The first-order valence-electron chi connectivity index (χ1n) is 3.30. The van der Waals surface area contributed by atoms with Gasteiger partial charge in [-0.2, -0.15) is 8.42 Å². The first kappa shape index (κ1) is 14.3. The number of rotatable bonds is 3. The molecule has 0 spiro atoms. The van der Waals surface area contributed by atoms with E-state index in [1.54, 1.807) is 0 Å². The van der Waals surface area contributed by atoms with Crippen molar-refractivity contribution in [3.05, 3.63) is 0 Å². The van der Waals surface area contributed by atoms with Gasteiger partial charge in [0.05, 0.1) is 6.10 Å². The Morgan fingerprint density at radius 2 is 1.67 bits per heavy atom. The summed E-state index contributed by atoms with van der Waals surface area (Å²) < 4.78 is 31.6. The second-order valence-electron chi connectivity index (χ2n) is 2.02. The lowest BCUT2D eigenvalue weighted by atomic mass is 10.2. The molecule has 0 saturated carbocycles. The highest BCUT2D eigenvalue weighted by Gasteiger charge is 1.95. The molecule has 0 aromatic heterocycles. The van der Waals surface area contributed by atoms with Gasteiger partial charge in [-0.3, -0.25) is 9.11 Å². The minimum atomic E-state index is -4.67. The maximum Gasteiger partial charge on any atom is 0.394 e. The first-order chi connectivity index (χ1) is 5.31. The van der Waals surface area contributed by atoms with Gasteiger partial charge in [0.15, 0.2) is 0 Å². The van der Waals surface area contributed by atoms with Crippen LogP contribution < -0.4 is 0 Å². The molecule has 1 unspecified atom stereocenters. The fraction of sp³-hybridized carbons (Fsp3) is 1.00. The third-order valence-electron chi connectivity index (χ3n) is 0.934. The van der Waals surface area contributed by atoms with Gasteiger partial charge in [0, 0.05) is 6.61 Å². The highest BCUT2D eigenvalue weighted by atomic mass is 32.3. The van der Waals surface area contributed by atoms with E-state index < -0.39 is 10.4 Å². The van der Waals surface area contributed by atoms with Gasteiger partial charge in [-0.15, -0.1) is 0 Å². The van der Waals surface area contributed by atoms with E-state index in [9.17, 15) is 0 Å². The Hall–Kier alpha value is -0.210. The van der Waals surface area contributed by atoms with E-state index in [2.05, 4.69) is 0 Å². The van der Waals surface area contributed by atoms with Gasteiger partial charge in [-0.05, 0) is 12.8 Å². The van der Waals surface area contributed by atoms with Crippen LogP contribution in [0.25, 0.3) is 0 Å². The van der Waals surface area contributed by atoms with E-state index in [1.165, 1.54) is 0 Å². The minimum Gasteiger partial charge on any atom is -0.396 e. The molecule has 0 fully saturated rings. The lowest BCUT2D eigenvalue weighted by Crippen LogP contribution is -2.05. The van der Waals surface area contributed by atoms with Gasteiger partial charge < -0.3 is 10.2 Å². The number of hydrogen-bond donors (Lipinski definition) is 4. The van der Waals surface area contributed by atoms with E-state index in [0.29, 0.717) is 6.42 Å². The second-order valence-corrected chi connectivity index (χ2v) is 2.92. The Bertz CT molecular complexity index is 166. The largest absolute Gasteiger partial charge is 0.396 e. The van der Waals surface area contributed by atoms with Crippen molar-refractivity contribution >= 4 is 10.4 Å². The molecule has 0 saturated heterocycles.